The standard InChI is InChI=1S/C26H32N6O5S2/c27-18(11-16-7-3-1-4-8-16)24(35)32-21-15-39-38-14-20(23(28)34)31-26(37)19(12-17-9-5-2-6-10-17)30-22(33)13-29-25(21)36/h1-10,18-21H,11-15,27H2,(H2,28,34)(H,29,36)(H,30,33)(H,31,37)(H,32,35)/t18-,19+,20-,21-/m0/s1. The fourth-order valence-corrected chi connectivity index (χ4v) is 6.06. The fraction of sp³-hybridized carbons (Fsp3) is 0.346. The number of carbonyl (C=O) groups is 5. The molecule has 8 N–H and O–H groups in total. The van der Waals surface area contributed by atoms with E-state index in [1.807, 2.05) is 36.4 Å². The van der Waals surface area contributed by atoms with Crippen molar-refractivity contribution in [3.05, 3.63) is 71.8 Å². The molecule has 11 nitrogen and oxygen atoms in total. The van der Waals surface area contributed by atoms with Gasteiger partial charge in [-0.1, -0.05) is 82.3 Å². The Hall–Kier alpha value is -3.55. The molecule has 1 fully saturated rings. The number of nitrogens with one attached hydrogen (secondary N) is 4. The van der Waals surface area contributed by atoms with Crippen LogP contribution in [-0.4, -0.2) is 71.8 Å². The van der Waals surface area contributed by atoms with Gasteiger partial charge in [0, 0.05) is 17.9 Å². The molecule has 39 heavy (non-hydrogen) atoms. The van der Waals surface area contributed by atoms with Crippen molar-refractivity contribution >= 4 is 51.1 Å². The quantitative estimate of drug-likeness (QED) is 0.234. The number of primary amides is 1. The summed E-state index contributed by atoms with van der Waals surface area (Å²) in [5.74, 6) is -2.76. The highest BCUT2D eigenvalue weighted by atomic mass is 33.1. The summed E-state index contributed by atoms with van der Waals surface area (Å²) in [4.78, 5) is 63.4. The van der Waals surface area contributed by atoms with Crippen LogP contribution < -0.4 is 32.7 Å². The Kier molecular flexibility index (Phi) is 11.6. The molecule has 1 aliphatic rings. The van der Waals surface area contributed by atoms with E-state index in [-0.39, 0.29) is 24.3 Å². The van der Waals surface area contributed by atoms with Crippen molar-refractivity contribution in [2.45, 2.75) is 37.0 Å². The SMILES string of the molecule is NC(=O)[C@@H]1CSSC[C@H](NC(=O)[C@@H](N)Cc2ccccc2)C(=O)NCC(=O)N[C@H](Cc2ccccc2)C(=O)N1. The van der Waals surface area contributed by atoms with Gasteiger partial charge in [-0.05, 0) is 17.5 Å². The van der Waals surface area contributed by atoms with Crippen LogP contribution in [0.15, 0.2) is 60.7 Å². The summed E-state index contributed by atoms with van der Waals surface area (Å²) < 4.78 is 0. The van der Waals surface area contributed by atoms with Gasteiger partial charge in [0.05, 0.1) is 12.6 Å². The molecular formula is C26H32N6O5S2. The van der Waals surface area contributed by atoms with Crippen molar-refractivity contribution in [3.63, 3.8) is 0 Å². The molecule has 2 aromatic rings. The van der Waals surface area contributed by atoms with E-state index in [0.29, 0.717) is 0 Å². The lowest BCUT2D eigenvalue weighted by Gasteiger charge is -2.24. The zero-order valence-electron chi connectivity index (χ0n) is 21.1. The number of benzene rings is 2. The Labute approximate surface area is 234 Å². The van der Waals surface area contributed by atoms with Crippen molar-refractivity contribution in [2.75, 3.05) is 18.1 Å². The first-order valence-electron chi connectivity index (χ1n) is 12.3. The van der Waals surface area contributed by atoms with E-state index in [4.69, 9.17) is 11.5 Å². The van der Waals surface area contributed by atoms with E-state index in [1.165, 1.54) is 21.6 Å². The van der Waals surface area contributed by atoms with Crippen LogP contribution in [0.25, 0.3) is 0 Å². The fourth-order valence-electron chi connectivity index (χ4n) is 3.72. The number of hydrogen-bond acceptors (Lipinski definition) is 8. The molecule has 0 unspecified atom stereocenters. The monoisotopic (exact) mass is 572 g/mol. The van der Waals surface area contributed by atoms with E-state index < -0.39 is 60.2 Å². The van der Waals surface area contributed by atoms with Crippen LogP contribution in [-0.2, 0) is 36.8 Å². The van der Waals surface area contributed by atoms with E-state index in [0.717, 1.165) is 11.1 Å². The maximum atomic E-state index is 13.0. The second kappa shape index (κ2) is 15.1. The highest BCUT2D eigenvalue weighted by Crippen LogP contribution is 2.23. The maximum Gasteiger partial charge on any atom is 0.243 e. The van der Waals surface area contributed by atoms with Crippen molar-refractivity contribution in [2.24, 2.45) is 11.5 Å². The van der Waals surface area contributed by atoms with Gasteiger partial charge in [-0.15, -0.1) is 0 Å². The van der Waals surface area contributed by atoms with Crippen molar-refractivity contribution in [1.82, 2.24) is 21.3 Å². The number of amides is 5. The molecule has 13 heteroatoms. The van der Waals surface area contributed by atoms with E-state index in [2.05, 4.69) is 21.3 Å². The van der Waals surface area contributed by atoms with Gasteiger partial charge >= 0.3 is 0 Å². The largest absolute Gasteiger partial charge is 0.368 e. The number of rotatable bonds is 7. The molecule has 0 spiro atoms. The second-order valence-corrected chi connectivity index (χ2v) is 11.5. The first-order valence-corrected chi connectivity index (χ1v) is 14.8. The molecule has 1 aliphatic heterocycles. The van der Waals surface area contributed by atoms with E-state index >= 15 is 0 Å². The molecule has 0 aromatic heterocycles. The Balaban J connectivity index is 1.70. The van der Waals surface area contributed by atoms with Crippen molar-refractivity contribution < 1.29 is 24.0 Å². The minimum absolute atomic E-state index is 0.119. The zero-order chi connectivity index (χ0) is 28.2. The van der Waals surface area contributed by atoms with Gasteiger partial charge in [-0.2, -0.15) is 0 Å². The number of nitrogens with two attached hydrogens (primary N) is 2. The topological polar surface area (TPSA) is 186 Å². The summed E-state index contributed by atoms with van der Waals surface area (Å²) in [6, 6.07) is 14.4. The van der Waals surface area contributed by atoms with Crippen molar-refractivity contribution in [3.8, 4) is 0 Å². The summed E-state index contributed by atoms with van der Waals surface area (Å²) >= 11 is 0. The molecule has 208 valence electrons. The van der Waals surface area contributed by atoms with Crippen LogP contribution in [0, 0.1) is 0 Å². The minimum atomic E-state index is -1.01. The molecule has 1 heterocycles. The Morgan fingerprint density at radius 2 is 1.51 bits per heavy atom. The van der Waals surface area contributed by atoms with E-state index in [9.17, 15) is 24.0 Å². The lowest BCUT2D eigenvalue weighted by molar-refractivity contribution is -0.132. The molecule has 4 atom stereocenters. The lowest BCUT2D eigenvalue weighted by atomic mass is 10.0. The van der Waals surface area contributed by atoms with Gasteiger partial charge in [-0.3, -0.25) is 24.0 Å². The molecular weight excluding hydrogens is 540 g/mol. The Bertz CT molecular complexity index is 1150. The van der Waals surface area contributed by atoms with Gasteiger partial charge in [0.15, 0.2) is 0 Å². The average Bonchev–Trinajstić information content (AvgIpc) is 2.92. The Morgan fingerprint density at radius 3 is 2.15 bits per heavy atom. The third-order valence-corrected chi connectivity index (χ3v) is 8.26. The normalized spacial score (nSPS) is 21.9. The first-order chi connectivity index (χ1) is 18.7. The third-order valence-electron chi connectivity index (χ3n) is 5.84. The summed E-state index contributed by atoms with van der Waals surface area (Å²) in [5.41, 5.74) is 13.2. The van der Waals surface area contributed by atoms with Gasteiger partial charge in [0.25, 0.3) is 0 Å². The van der Waals surface area contributed by atoms with Crippen LogP contribution in [0.5, 0.6) is 0 Å². The van der Waals surface area contributed by atoms with Crippen molar-refractivity contribution in [1.29, 1.82) is 0 Å². The predicted molar refractivity (Wildman–Crippen MR) is 151 cm³/mol. The smallest absolute Gasteiger partial charge is 0.243 e. The van der Waals surface area contributed by atoms with Crippen LogP contribution in [0.1, 0.15) is 11.1 Å². The molecule has 3 rings (SSSR count). The molecule has 1 saturated heterocycles. The third kappa shape index (κ3) is 9.93. The minimum Gasteiger partial charge on any atom is -0.368 e. The van der Waals surface area contributed by atoms with Gasteiger partial charge < -0.3 is 32.7 Å². The number of carbonyl (C=O) groups excluding carboxylic acids is 5. The van der Waals surface area contributed by atoms with Gasteiger partial charge in [0.2, 0.25) is 29.5 Å². The molecule has 0 aliphatic carbocycles. The lowest BCUT2D eigenvalue weighted by Crippen LogP contribution is -2.57. The summed E-state index contributed by atoms with van der Waals surface area (Å²) in [5, 5.41) is 10.4. The highest BCUT2D eigenvalue weighted by molar-refractivity contribution is 8.76. The number of hydrogen-bond donors (Lipinski definition) is 6. The predicted octanol–water partition coefficient (Wildman–Crippen LogP) is -0.750. The van der Waals surface area contributed by atoms with Crippen LogP contribution >= 0.6 is 21.6 Å². The zero-order valence-corrected chi connectivity index (χ0v) is 22.8. The summed E-state index contributed by atoms with van der Waals surface area (Å²) in [6.07, 6.45) is 0.450. The Morgan fingerprint density at radius 1 is 0.897 bits per heavy atom. The van der Waals surface area contributed by atoms with Gasteiger partial charge in [0.1, 0.15) is 18.1 Å². The summed E-state index contributed by atoms with van der Waals surface area (Å²) in [7, 11) is 2.44. The maximum absolute atomic E-state index is 13.0. The highest BCUT2D eigenvalue weighted by Gasteiger charge is 2.29. The molecule has 0 bridgehead atoms. The van der Waals surface area contributed by atoms with E-state index in [1.54, 1.807) is 24.3 Å². The van der Waals surface area contributed by atoms with Crippen LogP contribution in [0.4, 0.5) is 0 Å². The summed E-state index contributed by atoms with van der Waals surface area (Å²) in [6.45, 7) is -0.420. The molecule has 5 amide bonds. The van der Waals surface area contributed by atoms with Crippen LogP contribution in [0.2, 0.25) is 0 Å². The first kappa shape index (κ1) is 30.0. The molecule has 0 saturated carbocycles. The average molecular weight is 573 g/mol. The van der Waals surface area contributed by atoms with Gasteiger partial charge in [-0.25, -0.2) is 0 Å². The molecule has 2 aromatic carbocycles. The molecule has 0 radical (unpaired) electrons. The second-order valence-electron chi connectivity index (χ2n) is 8.92. The van der Waals surface area contributed by atoms with Crippen LogP contribution in [0.3, 0.4) is 0 Å².